The van der Waals surface area contributed by atoms with Crippen molar-refractivity contribution in [3.05, 3.63) is 24.2 Å². The van der Waals surface area contributed by atoms with Gasteiger partial charge < -0.3 is 19.5 Å². The minimum absolute atomic E-state index is 0.137. The zero-order chi connectivity index (χ0) is 13.7. The second-order valence-corrected chi connectivity index (χ2v) is 4.47. The maximum Gasteiger partial charge on any atom is 0.219 e. The molecule has 0 bridgehead atoms. The summed E-state index contributed by atoms with van der Waals surface area (Å²) in [5.41, 5.74) is 0. The summed E-state index contributed by atoms with van der Waals surface area (Å²) < 4.78 is 5.28. The van der Waals surface area contributed by atoms with E-state index in [1.807, 2.05) is 17.0 Å². The van der Waals surface area contributed by atoms with Gasteiger partial charge in [-0.2, -0.15) is 0 Å². The standard InChI is InChI=1S/C13H20N4O2/c1-11(18)16-5-7-17(8-6-16)13(14-2)15-10-12-4-3-9-19-12/h3-4,9H,5-8,10H2,1-2H3,(H,14,15). The highest BCUT2D eigenvalue weighted by molar-refractivity contribution is 5.80. The van der Waals surface area contributed by atoms with Crippen LogP contribution in [0.3, 0.4) is 0 Å². The average molecular weight is 264 g/mol. The highest BCUT2D eigenvalue weighted by Gasteiger charge is 2.20. The summed E-state index contributed by atoms with van der Waals surface area (Å²) in [5.74, 6) is 1.86. The minimum Gasteiger partial charge on any atom is -0.467 e. The number of nitrogens with zero attached hydrogens (tertiary/aromatic N) is 3. The van der Waals surface area contributed by atoms with Crippen LogP contribution in [0, 0.1) is 0 Å². The van der Waals surface area contributed by atoms with Gasteiger partial charge in [0.1, 0.15) is 5.76 Å². The molecule has 0 aliphatic carbocycles. The molecule has 2 heterocycles. The Balaban J connectivity index is 1.84. The molecule has 1 saturated heterocycles. The molecule has 104 valence electrons. The Bertz CT molecular complexity index is 434. The lowest BCUT2D eigenvalue weighted by molar-refractivity contribution is -0.130. The van der Waals surface area contributed by atoms with E-state index in [9.17, 15) is 4.79 Å². The second-order valence-electron chi connectivity index (χ2n) is 4.47. The molecular formula is C13H20N4O2. The summed E-state index contributed by atoms with van der Waals surface area (Å²) in [4.78, 5) is 19.6. The average Bonchev–Trinajstić information content (AvgIpc) is 2.93. The van der Waals surface area contributed by atoms with E-state index in [-0.39, 0.29) is 5.91 Å². The Labute approximate surface area is 113 Å². The smallest absolute Gasteiger partial charge is 0.219 e. The lowest BCUT2D eigenvalue weighted by Crippen LogP contribution is -2.53. The maximum absolute atomic E-state index is 11.3. The van der Waals surface area contributed by atoms with E-state index in [1.165, 1.54) is 0 Å². The van der Waals surface area contributed by atoms with Crippen molar-refractivity contribution in [3.63, 3.8) is 0 Å². The molecule has 0 unspecified atom stereocenters. The molecule has 1 fully saturated rings. The van der Waals surface area contributed by atoms with E-state index in [0.29, 0.717) is 6.54 Å². The van der Waals surface area contributed by atoms with Crippen LogP contribution in [-0.2, 0) is 11.3 Å². The van der Waals surface area contributed by atoms with Crippen LogP contribution in [0.4, 0.5) is 0 Å². The number of amides is 1. The van der Waals surface area contributed by atoms with Crippen molar-refractivity contribution in [1.82, 2.24) is 15.1 Å². The van der Waals surface area contributed by atoms with Crippen LogP contribution >= 0.6 is 0 Å². The first-order valence-corrected chi connectivity index (χ1v) is 6.44. The van der Waals surface area contributed by atoms with Crippen LogP contribution < -0.4 is 5.32 Å². The summed E-state index contributed by atoms with van der Waals surface area (Å²) in [6.07, 6.45) is 1.66. The molecule has 0 radical (unpaired) electrons. The third-order valence-electron chi connectivity index (χ3n) is 3.24. The molecule has 0 spiro atoms. The Morgan fingerprint density at radius 2 is 2.05 bits per heavy atom. The van der Waals surface area contributed by atoms with Crippen LogP contribution in [-0.4, -0.2) is 54.9 Å². The van der Waals surface area contributed by atoms with Gasteiger partial charge in [-0.3, -0.25) is 9.79 Å². The van der Waals surface area contributed by atoms with Gasteiger partial charge in [0.05, 0.1) is 12.8 Å². The lowest BCUT2D eigenvalue weighted by Gasteiger charge is -2.36. The van der Waals surface area contributed by atoms with Gasteiger partial charge in [0.2, 0.25) is 5.91 Å². The normalized spacial score (nSPS) is 16.6. The molecule has 0 atom stereocenters. The monoisotopic (exact) mass is 264 g/mol. The third-order valence-corrected chi connectivity index (χ3v) is 3.24. The van der Waals surface area contributed by atoms with Crippen LogP contribution in [0.2, 0.25) is 0 Å². The molecule has 2 rings (SSSR count). The molecule has 1 aromatic heterocycles. The fourth-order valence-corrected chi connectivity index (χ4v) is 2.14. The van der Waals surface area contributed by atoms with E-state index in [0.717, 1.165) is 37.9 Å². The molecule has 0 aromatic carbocycles. The molecule has 6 heteroatoms. The molecule has 1 aliphatic heterocycles. The van der Waals surface area contributed by atoms with Gasteiger partial charge in [0.25, 0.3) is 0 Å². The molecule has 0 saturated carbocycles. The van der Waals surface area contributed by atoms with Gasteiger partial charge in [-0.1, -0.05) is 0 Å². The number of carbonyl (C=O) groups is 1. The van der Waals surface area contributed by atoms with E-state index < -0.39 is 0 Å². The van der Waals surface area contributed by atoms with Crippen molar-refractivity contribution >= 4 is 11.9 Å². The predicted octanol–water partition coefficient (Wildman–Crippen LogP) is 0.519. The van der Waals surface area contributed by atoms with E-state index in [4.69, 9.17) is 4.42 Å². The predicted molar refractivity (Wildman–Crippen MR) is 72.7 cm³/mol. The number of hydrogen-bond acceptors (Lipinski definition) is 3. The minimum atomic E-state index is 0.137. The molecular weight excluding hydrogens is 244 g/mol. The second kappa shape index (κ2) is 6.26. The Morgan fingerprint density at radius 3 is 2.58 bits per heavy atom. The van der Waals surface area contributed by atoms with Gasteiger partial charge in [-0.05, 0) is 12.1 Å². The van der Waals surface area contributed by atoms with Gasteiger partial charge in [-0.15, -0.1) is 0 Å². The number of furan rings is 1. The fraction of sp³-hybridized carbons (Fsp3) is 0.538. The first kappa shape index (κ1) is 13.5. The number of hydrogen-bond donors (Lipinski definition) is 1. The van der Waals surface area contributed by atoms with Gasteiger partial charge in [0, 0.05) is 40.2 Å². The molecule has 1 N–H and O–H groups in total. The van der Waals surface area contributed by atoms with E-state index in [2.05, 4.69) is 15.2 Å². The molecule has 6 nitrogen and oxygen atoms in total. The quantitative estimate of drug-likeness (QED) is 0.625. The number of carbonyl (C=O) groups excluding carboxylic acids is 1. The highest BCUT2D eigenvalue weighted by atomic mass is 16.3. The first-order chi connectivity index (χ1) is 9.20. The molecule has 1 aromatic rings. The van der Waals surface area contributed by atoms with Crippen LogP contribution in [0.15, 0.2) is 27.8 Å². The summed E-state index contributed by atoms with van der Waals surface area (Å²) >= 11 is 0. The molecule has 19 heavy (non-hydrogen) atoms. The lowest BCUT2D eigenvalue weighted by atomic mass is 10.3. The molecule has 1 amide bonds. The number of nitrogens with one attached hydrogen (secondary N) is 1. The zero-order valence-electron chi connectivity index (χ0n) is 11.4. The number of aliphatic imine (C=N–C) groups is 1. The van der Waals surface area contributed by atoms with E-state index in [1.54, 1.807) is 20.2 Å². The van der Waals surface area contributed by atoms with Crippen molar-refractivity contribution in [3.8, 4) is 0 Å². The topological polar surface area (TPSA) is 61.1 Å². The van der Waals surface area contributed by atoms with Crippen molar-refractivity contribution in [1.29, 1.82) is 0 Å². The maximum atomic E-state index is 11.3. The summed E-state index contributed by atoms with van der Waals surface area (Å²) in [5, 5.41) is 3.26. The highest BCUT2D eigenvalue weighted by Crippen LogP contribution is 2.04. The summed E-state index contributed by atoms with van der Waals surface area (Å²) in [7, 11) is 1.77. The fourth-order valence-electron chi connectivity index (χ4n) is 2.14. The number of rotatable bonds is 2. The Kier molecular flexibility index (Phi) is 4.43. The van der Waals surface area contributed by atoms with Crippen LogP contribution in [0.1, 0.15) is 12.7 Å². The summed E-state index contributed by atoms with van der Waals surface area (Å²) in [6.45, 7) is 5.33. The molecule has 1 aliphatic rings. The van der Waals surface area contributed by atoms with Crippen LogP contribution in [0.25, 0.3) is 0 Å². The van der Waals surface area contributed by atoms with Crippen molar-refractivity contribution in [2.75, 3.05) is 33.2 Å². The first-order valence-electron chi connectivity index (χ1n) is 6.44. The Hall–Kier alpha value is -1.98. The summed E-state index contributed by atoms with van der Waals surface area (Å²) in [6, 6.07) is 3.79. The van der Waals surface area contributed by atoms with Gasteiger partial charge in [-0.25, -0.2) is 0 Å². The van der Waals surface area contributed by atoms with Gasteiger partial charge >= 0.3 is 0 Å². The largest absolute Gasteiger partial charge is 0.467 e. The zero-order valence-corrected chi connectivity index (χ0v) is 11.4. The van der Waals surface area contributed by atoms with Gasteiger partial charge in [0.15, 0.2) is 5.96 Å². The third kappa shape index (κ3) is 3.49. The SMILES string of the molecule is CN=C(NCc1ccco1)N1CCN(C(C)=O)CC1. The number of piperazine rings is 1. The van der Waals surface area contributed by atoms with E-state index >= 15 is 0 Å². The number of guanidine groups is 1. The Morgan fingerprint density at radius 1 is 1.37 bits per heavy atom. The van der Waals surface area contributed by atoms with Crippen LogP contribution in [0.5, 0.6) is 0 Å². The van der Waals surface area contributed by atoms with Crippen molar-refractivity contribution < 1.29 is 9.21 Å². The van der Waals surface area contributed by atoms with Crippen molar-refractivity contribution in [2.45, 2.75) is 13.5 Å². The van der Waals surface area contributed by atoms with Crippen molar-refractivity contribution in [2.24, 2.45) is 4.99 Å².